The smallest absolute Gasteiger partial charge is 0.336 e. The average Bonchev–Trinajstić information content (AvgIpc) is 3.59. The third-order valence-electron chi connectivity index (χ3n) is 6.51. The molecular formula is C30H36N4O9. The fourth-order valence-electron chi connectivity index (χ4n) is 4.45. The normalized spacial score (nSPS) is 11.3. The summed E-state index contributed by atoms with van der Waals surface area (Å²) in [5.41, 5.74) is 0.500. The molecular weight excluding hydrogens is 560 g/mol. The molecule has 0 unspecified atom stereocenters. The Morgan fingerprint density at radius 3 is 2.30 bits per heavy atom. The van der Waals surface area contributed by atoms with Crippen molar-refractivity contribution < 1.29 is 44.0 Å². The topological polar surface area (TPSA) is 188 Å². The number of aliphatic hydroxyl groups is 1. The largest absolute Gasteiger partial charge is 0.481 e. The highest BCUT2D eigenvalue weighted by molar-refractivity contribution is 5.88. The summed E-state index contributed by atoms with van der Waals surface area (Å²) in [5.74, 6) is -2.43. The van der Waals surface area contributed by atoms with E-state index in [1.807, 2.05) is 31.7 Å². The second-order valence-corrected chi connectivity index (χ2v) is 10.2. The van der Waals surface area contributed by atoms with E-state index < -0.39 is 36.4 Å². The molecule has 3 aromatic heterocycles. The molecule has 0 fully saturated rings. The number of ether oxygens (including phenoxy) is 1. The van der Waals surface area contributed by atoms with Gasteiger partial charge in [-0.25, -0.2) is 14.8 Å². The molecule has 4 N–H and O–H groups in total. The number of aryl methyl sites for hydroxylation is 3. The number of benzene rings is 1. The van der Waals surface area contributed by atoms with Crippen molar-refractivity contribution in [1.82, 2.24) is 19.4 Å². The summed E-state index contributed by atoms with van der Waals surface area (Å²) in [6, 6.07) is 12.6. The van der Waals surface area contributed by atoms with Crippen LogP contribution in [0, 0.1) is 13.8 Å². The number of carboxylic acid groups (broad SMARTS) is 3. The van der Waals surface area contributed by atoms with E-state index in [4.69, 9.17) is 34.6 Å². The van der Waals surface area contributed by atoms with Gasteiger partial charge in [-0.15, -0.1) is 0 Å². The number of aliphatic carboxylic acids is 3. The number of imidazole rings is 1. The molecule has 0 saturated heterocycles. The highest BCUT2D eigenvalue weighted by Gasteiger charge is 2.40. The molecule has 0 bridgehead atoms. The lowest BCUT2D eigenvalue weighted by atomic mass is 9.96. The lowest BCUT2D eigenvalue weighted by Gasteiger charge is -2.22. The molecule has 13 nitrogen and oxygen atoms in total. The van der Waals surface area contributed by atoms with Gasteiger partial charge in [0.2, 0.25) is 5.88 Å². The van der Waals surface area contributed by atoms with Crippen LogP contribution in [0.2, 0.25) is 0 Å². The van der Waals surface area contributed by atoms with Gasteiger partial charge in [0.1, 0.15) is 11.5 Å². The van der Waals surface area contributed by atoms with E-state index in [0.29, 0.717) is 5.88 Å². The van der Waals surface area contributed by atoms with E-state index in [1.165, 1.54) is 5.56 Å². The summed E-state index contributed by atoms with van der Waals surface area (Å²) in [6.45, 7) is 7.39. The number of fused-ring (bicyclic) bond motifs is 1. The Balaban J connectivity index is 0.000000331. The van der Waals surface area contributed by atoms with E-state index in [2.05, 4.69) is 51.7 Å². The van der Waals surface area contributed by atoms with E-state index in [9.17, 15) is 14.4 Å². The lowest BCUT2D eigenvalue weighted by Crippen LogP contribution is -2.42. The third kappa shape index (κ3) is 9.94. The number of furan rings is 1. The van der Waals surface area contributed by atoms with Crippen LogP contribution >= 0.6 is 0 Å². The summed E-state index contributed by atoms with van der Waals surface area (Å²) in [7, 11) is 1.69. The minimum atomic E-state index is -2.74. The standard InChI is InChI=1S/C24H28N4O2.C6H8O7/c1-18-5-7-20-14-21(24(29-3)26-23(20)13-18)15-28(16-22-8-6-19(2)30-22)11-4-10-27-12-9-25-17-27;7-3(8)1-6(13,5(11)12)2-4(9)10/h5-9,12-14,17H,4,10-11,15-16H2,1-3H3;13H,1-2H2,(H,7,8)(H,9,10)(H,11,12). The predicted octanol–water partition coefficient (Wildman–Crippen LogP) is 3.49. The maximum atomic E-state index is 10.3. The zero-order valence-electron chi connectivity index (χ0n) is 24.3. The van der Waals surface area contributed by atoms with Gasteiger partial charge in [0.15, 0.2) is 5.60 Å². The summed E-state index contributed by atoms with van der Waals surface area (Å²) in [4.78, 5) is 41.7. The van der Waals surface area contributed by atoms with Crippen LogP contribution in [0.1, 0.15) is 41.9 Å². The number of hydrogen-bond acceptors (Lipinski definition) is 9. The van der Waals surface area contributed by atoms with E-state index in [0.717, 1.165) is 60.6 Å². The van der Waals surface area contributed by atoms with Crippen LogP contribution in [0.5, 0.6) is 5.88 Å². The molecule has 43 heavy (non-hydrogen) atoms. The van der Waals surface area contributed by atoms with Crippen LogP contribution in [0.25, 0.3) is 10.9 Å². The molecule has 13 heteroatoms. The number of methoxy groups -OCH3 is 1. The van der Waals surface area contributed by atoms with Crippen LogP contribution in [0.15, 0.2) is 59.5 Å². The number of pyridine rings is 1. The van der Waals surface area contributed by atoms with Crippen molar-refractivity contribution >= 4 is 28.8 Å². The second-order valence-electron chi connectivity index (χ2n) is 10.2. The first kappa shape index (κ1) is 32.8. The van der Waals surface area contributed by atoms with Crippen molar-refractivity contribution in [3.8, 4) is 5.88 Å². The van der Waals surface area contributed by atoms with Crippen molar-refractivity contribution in [2.75, 3.05) is 13.7 Å². The van der Waals surface area contributed by atoms with Gasteiger partial charge in [0.05, 0.1) is 38.3 Å². The Morgan fingerprint density at radius 1 is 1.02 bits per heavy atom. The van der Waals surface area contributed by atoms with Crippen LogP contribution < -0.4 is 4.74 Å². The first-order valence-electron chi connectivity index (χ1n) is 13.5. The number of aromatic nitrogens is 3. The van der Waals surface area contributed by atoms with Gasteiger partial charge in [-0.3, -0.25) is 14.5 Å². The van der Waals surface area contributed by atoms with E-state index in [1.54, 1.807) is 7.11 Å². The maximum absolute atomic E-state index is 10.3. The summed E-state index contributed by atoms with van der Waals surface area (Å²) in [6.07, 6.45) is 4.40. The molecule has 0 aliphatic rings. The molecule has 0 atom stereocenters. The zero-order valence-corrected chi connectivity index (χ0v) is 24.3. The molecule has 0 spiro atoms. The fraction of sp³-hybridized carbons (Fsp3) is 0.367. The SMILES string of the molecule is COc1nc2cc(C)ccc2cc1CN(CCCn1ccnc1)Cc1ccc(C)o1.O=C(O)CC(O)(CC(=O)O)C(=O)O. The van der Waals surface area contributed by atoms with Gasteiger partial charge in [-0.05, 0) is 50.1 Å². The lowest BCUT2D eigenvalue weighted by molar-refractivity contribution is -0.170. The first-order valence-corrected chi connectivity index (χ1v) is 13.5. The number of rotatable bonds is 14. The molecule has 0 saturated carbocycles. The predicted molar refractivity (Wildman–Crippen MR) is 155 cm³/mol. The van der Waals surface area contributed by atoms with Gasteiger partial charge in [-0.2, -0.15) is 0 Å². The highest BCUT2D eigenvalue weighted by Crippen LogP contribution is 2.25. The van der Waals surface area contributed by atoms with Crippen LogP contribution in [-0.4, -0.2) is 77.0 Å². The number of carboxylic acids is 3. The Bertz CT molecular complexity index is 1520. The van der Waals surface area contributed by atoms with Crippen molar-refractivity contribution in [3.63, 3.8) is 0 Å². The first-order chi connectivity index (χ1) is 20.4. The molecule has 3 heterocycles. The molecule has 230 valence electrons. The summed E-state index contributed by atoms with van der Waals surface area (Å²) >= 11 is 0. The fourth-order valence-corrected chi connectivity index (χ4v) is 4.45. The van der Waals surface area contributed by atoms with Gasteiger partial charge in [0.25, 0.3) is 0 Å². The van der Waals surface area contributed by atoms with Crippen molar-refractivity contribution in [3.05, 3.63) is 77.8 Å². The van der Waals surface area contributed by atoms with E-state index in [-0.39, 0.29) is 0 Å². The van der Waals surface area contributed by atoms with E-state index >= 15 is 0 Å². The molecule has 0 radical (unpaired) electrons. The summed E-state index contributed by atoms with van der Waals surface area (Å²) < 4.78 is 13.6. The minimum Gasteiger partial charge on any atom is -0.481 e. The molecule has 0 aliphatic carbocycles. The van der Waals surface area contributed by atoms with Crippen LogP contribution in [0.3, 0.4) is 0 Å². The quantitative estimate of drug-likeness (QED) is 0.166. The van der Waals surface area contributed by atoms with Crippen LogP contribution in [-0.2, 0) is 34.0 Å². The van der Waals surface area contributed by atoms with Gasteiger partial charge in [0, 0.05) is 43.0 Å². The Kier molecular flexibility index (Phi) is 11.4. The molecule has 4 aromatic rings. The van der Waals surface area contributed by atoms with Gasteiger partial charge in [-0.1, -0.05) is 12.1 Å². The molecule has 4 rings (SSSR count). The third-order valence-corrected chi connectivity index (χ3v) is 6.51. The Morgan fingerprint density at radius 2 is 1.74 bits per heavy atom. The number of hydrogen-bond donors (Lipinski definition) is 4. The van der Waals surface area contributed by atoms with Gasteiger partial charge >= 0.3 is 17.9 Å². The van der Waals surface area contributed by atoms with Crippen molar-refractivity contribution in [2.24, 2.45) is 0 Å². The average molecular weight is 597 g/mol. The molecule has 0 aliphatic heterocycles. The monoisotopic (exact) mass is 596 g/mol. The van der Waals surface area contributed by atoms with Gasteiger partial charge < -0.3 is 34.1 Å². The summed E-state index contributed by atoms with van der Waals surface area (Å²) in [5, 5.41) is 34.9. The molecule has 0 amide bonds. The Hall–Kier alpha value is -4.75. The zero-order chi connectivity index (χ0) is 31.6. The van der Waals surface area contributed by atoms with Crippen molar-refractivity contribution in [2.45, 2.75) is 58.3 Å². The number of nitrogens with zero attached hydrogens (tertiary/aromatic N) is 4. The van der Waals surface area contributed by atoms with Crippen LogP contribution in [0.4, 0.5) is 0 Å². The second kappa shape index (κ2) is 14.9. The number of carbonyl (C=O) groups is 3. The Labute approximate surface area is 248 Å². The molecule has 1 aromatic carbocycles. The van der Waals surface area contributed by atoms with Crippen molar-refractivity contribution in [1.29, 1.82) is 0 Å². The highest BCUT2D eigenvalue weighted by atomic mass is 16.5. The minimum absolute atomic E-state index is 0.684. The maximum Gasteiger partial charge on any atom is 0.336 e.